The summed E-state index contributed by atoms with van der Waals surface area (Å²) >= 11 is 9.03. The predicted octanol–water partition coefficient (Wildman–Crippen LogP) is 2.80. The Morgan fingerprint density at radius 3 is 2.83 bits per heavy atom. The third-order valence-electron chi connectivity index (χ3n) is 2.42. The van der Waals surface area contributed by atoms with Crippen LogP contribution >= 0.6 is 27.5 Å². The zero-order valence-electron chi connectivity index (χ0n) is 9.32. The fourth-order valence-corrected chi connectivity index (χ4v) is 2.33. The maximum atomic E-state index is 12.9. The summed E-state index contributed by atoms with van der Waals surface area (Å²) in [6.07, 6.45) is 0.0684. The molecule has 4 nitrogen and oxygen atoms in total. The SMILES string of the molecule is Cn1nnc(Br)c1C(=O)Cc1ccc(F)cc1Cl. The number of hydrogen-bond donors (Lipinski definition) is 0. The van der Waals surface area contributed by atoms with Gasteiger partial charge in [0.05, 0.1) is 0 Å². The van der Waals surface area contributed by atoms with Gasteiger partial charge in [0.25, 0.3) is 0 Å². The first-order valence-electron chi connectivity index (χ1n) is 5.01. The summed E-state index contributed by atoms with van der Waals surface area (Å²) in [6, 6.07) is 3.94. The first kappa shape index (κ1) is 13.2. The molecule has 2 aromatic rings. The normalized spacial score (nSPS) is 10.7. The van der Waals surface area contributed by atoms with Crippen LogP contribution in [0.5, 0.6) is 0 Å². The molecule has 0 atom stereocenters. The van der Waals surface area contributed by atoms with Crippen molar-refractivity contribution < 1.29 is 9.18 Å². The van der Waals surface area contributed by atoms with Crippen LogP contribution in [0.2, 0.25) is 5.02 Å². The smallest absolute Gasteiger partial charge is 0.188 e. The monoisotopic (exact) mass is 331 g/mol. The molecule has 0 unspecified atom stereocenters. The van der Waals surface area contributed by atoms with Crippen molar-refractivity contribution in [1.82, 2.24) is 15.0 Å². The number of aromatic nitrogens is 3. The number of rotatable bonds is 3. The first-order chi connectivity index (χ1) is 8.49. The summed E-state index contributed by atoms with van der Waals surface area (Å²) in [7, 11) is 1.62. The molecule has 7 heteroatoms. The molecule has 0 bridgehead atoms. The van der Waals surface area contributed by atoms with Crippen molar-refractivity contribution in [3.8, 4) is 0 Å². The molecule has 18 heavy (non-hydrogen) atoms. The van der Waals surface area contributed by atoms with Gasteiger partial charge in [0.2, 0.25) is 0 Å². The van der Waals surface area contributed by atoms with E-state index >= 15 is 0 Å². The van der Waals surface area contributed by atoms with Gasteiger partial charge in [-0.25, -0.2) is 9.07 Å². The average Bonchev–Trinajstić information content (AvgIpc) is 2.62. The van der Waals surface area contributed by atoms with Gasteiger partial charge in [0.15, 0.2) is 10.4 Å². The van der Waals surface area contributed by atoms with E-state index in [-0.39, 0.29) is 17.2 Å². The lowest BCUT2D eigenvalue weighted by Crippen LogP contribution is -2.10. The molecule has 2 rings (SSSR count). The summed E-state index contributed by atoms with van der Waals surface area (Å²) in [5, 5.41) is 7.68. The molecule has 1 heterocycles. The minimum Gasteiger partial charge on any atom is -0.292 e. The maximum Gasteiger partial charge on any atom is 0.188 e. The van der Waals surface area contributed by atoms with Gasteiger partial charge < -0.3 is 0 Å². The third kappa shape index (κ3) is 2.59. The summed E-state index contributed by atoms with van der Waals surface area (Å²) in [5.41, 5.74) is 0.923. The lowest BCUT2D eigenvalue weighted by atomic mass is 10.1. The molecule has 0 aliphatic carbocycles. The minimum absolute atomic E-state index is 0.0684. The van der Waals surface area contributed by atoms with Crippen molar-refractivity contribution in [2.75, 3.05) is 0 Å². The molecule has 0 spiro atoms. The van der Waals surface area contributed by atoms with Crippen LogP contribution in [0.1, 0.15) is 16.1 Å². The van der Waals surface area contributed by atoms with E-state index in [4.69, 9.17) is 11.6 Å². The minimum atomic E-state index is -0.431. The Bertz CT molecular complexity index is 595. The average molecular weight is 333 g/mol. The van der Waals surface area contributed by atoms with E-state index in [1.54, 1.807) is 7.05 Å². The van der Waals surface area contributed by atoms with Crippen molar-refractivity contribution in [1.29, 1.82) is 0 Å². The summed E-state index contributed by atoms with van der Waals surface area (Å²) in [4.78, 5) is 12.1. The molecule has 0 aliphatic heterocycles. The predicted molar refractivity (Wildman–Crippen MR) is 68.1 cm³/mol. The second-order valence-electron chi connectivity index (χ2n) is 3.69. The van der Waals surface area contributed by atoms with Crippen molar-refractivity contribution >= 4 is 33.3 Å². The van der Waals surface area contributed by atoms with Crippen molar-refractivity contribution in [3.63, 3.8) is 0 Å². The maximum absolute atomic E-state index is 12.9. The molecule has 94 valence electrons. The molecule has 0 aliphatic rings. The van der Waals surface area contributed by atoms with Crippen LogP contribution in [0.3, 0.4) is 0 Å². The summed E-state index contributed by atoms with van der Waals surface area (Å²) < 4.78 is 14.6. The van der Waals surface area contributed by atoms with Crippen LogP contribution in [-0.4, -0.2) is 20.8 Å². The van der Waals surface area contributed by atoms with E-state index in [2.05, 4.69) is 26.2 Å². The zero-order chi connectivity index (χ0) is 13.3. The zero-order valence-corrected chi connectivity index (χ0v) is 11.7. The van der Waals surface area contributed by atoms with Gasteiger partial charge in [-0.05, 0) is 33.6 Å². The fraction of sp³-hybridized carbons (Fsp3) is 0.182. The Labute approximate surface area is 116 Å². The highest BCUT2D eigenvalue weighted by Gasteiger charge is 2.18. The Morgan fingerprint density at radius 1 is 1.56 bits per heavy atom. The largest absolute Gasteiger partial charge is 0.292 e. The molecule has 0 amide bonds. The molecule has 1 aromatic heterocycles. The number of carbonyl (C=O) groups excluding carboxylic acids is 1. The number of benzene rings is 1. The van der Waals surface area contributed by atoms with E-state index < -0.39 is 5.82 Å². The molecular formula is C11H8BrClFN3O. The highest BCUT2D eigenvalue weighted by molar-refractivity contribution is 9.10. The van der Waals surface area contributed by atoms with E-state index in [0.717, 1.165) is 0 Å². The molecule has 0 radical (unpaired) electrons. The highest BCUT2D eigenvalue weighted by Crippen LogP contribution is 2.21. The van der Waals surface area contributed by atoms with Crippen LogP contribution in [0.15, 0.2) is 22.8 Å². The van der Waals surface area contributed by atoms with Crippen LogP contribution in [0, 0.1) is 5.82 Å². The number of aryl methyl sites for hydroxylation is 1. The van der Waals surface area contributed by atoms with Gasteiger partial charge in [0.1, 0.15) is 11.5 Å². The van der Waals surface area contributed by atoms with Crippen LogP contribution in [-0.2, 0) is 13.5 Å². The highest BCUT2D eigenvalue weighted by atomic mass is 79.9. The Balaban J connectivity index is 2.27. The number of halogens is 3. The number of nitrogens with zero attached hydrogens (tertiary/aromatic N) is 3. The van der Waals surface area contributed by atoms with E-state index in [1.165, 1.54) is 22.9 Å². The lowest BCUT2D eigenvalue weighted by molar-refractivity contribution is 0.0983. The van der Waals surface area contributed by atoms with Crippen molar-refractivity contribution in [2.45, 2.75) is 6.42 Å². The molecule has 0 saturated heterocycles. The summed E-state index contributed by atoms with van der Waals surface area (Å²) in [6.45, 7) is 0. The van der Waals surface area contributed by atoms with Gasteiger partial charge >= 0.3 is 0 Å². The molecular weight excluding hydrogens is 324 g/mol. The summed E-state index contributed by atoms with van der Waals surface area (Å²) in [5.74, 6) is -0.623. The molecule has 0 fully saturated rings. The third-order valence-corrected chi connectivity index (χ3v) is 3.30. The Morgan fingerprint density at radius 2 is 2.28 bits per heavy atom. The molecule has 0 saturated carbocycles. The van der Waals surface area contributed by atoms with Crippen LogP contribution in [0.25, 0.3) is 0 Å². The van der Waals surface area contributed by atoms with Gasteiger partial charge in [-0.15, -0.1) is 5.10 Å². The van der Waals surface area contributed by atoms with Crippen LogP contribution < -0.4 is 0 Å². The Hall–Kier alpha value is -1.27. The van der Waals surface area contributed by atoms with Gasteiger partial charge in [-0.3, -0.25) is 4.79 Å². The fourth-order valence-electron chi connectivity index (χ4n) is 1.55. The molecule has 1 aromatic carbocycles. The first-order valence-corrected chi connectivity index (χ1v) is 6.18. The van der Waals surface area contributed by atoms with Gasteiger partial charge in [-0.2, -0.15) is 0 Å². The number of ketones is 1. The van der Waals surface area contributed by atoms with E-state index in [0.29, 0.717) is 15.9 Å². The van der Waals surface area contributed by atoms with Gasteiger partial charge in [0, 0.05) is 18.5 Å². The van der Waals surface area contributed by atoms with E-state index in [1.807, 2.05) is 0 Å². The number of carbonyl (C=O) groups is 1. The lowest BCUT2D eigenvalue weighted by Gasteiger charge is -2.04. The standard InChI is InChI=1S/C11H8BrClFN3O/c1-17-10(11(12)15-16-17)9(18)4-6-2-3-7(14)5-8(6)13/h2-3,5H,4H2,1H3. The van der Waals surface area contributed by atoms with Gasteiger partial charge in [-0.1, -0.05) is 22.9 Å². The van der Waals surface area contributed by atoms with Crippen molar-refractivity contribution in [2.24, 2.45) is 7.05 Å². The second-order valence-corrected chi connectivity index (χ2v) is 4.85. The topological polar surface area (TPSA) is 47.8 Å². The number of Topliss-reactive ketones (excluding diaryl/α,β-unsaturated/α-hetero) is 1. The second kappa shape index (κ2) is 5.16. The van der Waals surface area contributed by atoms with E-state index in [9.17, 15) is 9.18 Å². The Kier molecular flexibility index (Phi) is 3.77. The van der Waals surface area contributed by atoms with Crippen molar-refractivity contribution in [3.05, 3.63) is 44.9 Å². The number of hydrogen-bond acceptors (Lipinski definition) is 3. The quantitative estimate of drug-likeness (QED) is 0.812. The van der Waals surface area contributed by atoms with Crippen LogP contribution in [0.4, 0.5) is 4.39 Å². The molecule has 0 N–H and O–H groups in total.